The molecule has 1 aromatic carbocycles. The zero-order chi connectivity index (χ0) is 18.7. The Hall–Kier alpha value is -3.00. The molecule has 2 aromatic heterocycles. The highest BCUT2D eigenvalue weighted by molar-refractivity contribution is 5.57. The van der Waals surface area contributed by atoms with E-state index in [0.717, 1.165) is 17.7 Å². The van der Waals surface area contributed by atoms with Crippen molar-refractivity contribution in [3.63, 3.8) is 0 Å². The van der Waals surface area contributed by atoms with E-state index < -0.39 is 18.0 Å². The van der Waals surface area contributed by atoms with Crippen LogP contribution in [0.2, 0.25) is 0 Å². The second kappa shape index (κ2) is 7.09. The maximum absolute atomic E-state index is 12.6. The number of hydrogen-bond acceptors (Lipinski definition) is 5. The number of aliphatic hydroxyl groups excluding tert-OH is 1. The first kappa shape index (κ1) is 17.8. The van der Waals surface area contributed by atoms with Crippen LogP contribution in [0.1, 0.15) is 23.0 Å². The molecule has 0 fully saturated rings. The molecule has 0 amide bonds. The minimum atomic E-state index is -4.40. The highest BCUT2D eigenvalue weighted by Gasteiger charge is 2.30. The summed E-state index contributed by atoms with van der Waals surface area (Å²) < 4.78 is 37.8. The molecule has 0 aliphatic carbocycles. The number of hydrogen-bond donors (Lipinski definition) is 2. The Labute approximate surface area is 147 Å². The predicted octanol–water partition coefficient (Wildman–Crippen LogP) is 3.97. The minimum absolute atomic E-state index is 0.347. The first-order chi connectivity index (χ1) is 12.3. The number of halogens is 3. The van der Waals surface area contributed by atoms with Gasteiger partial charge in [-0.05, 0) is 42.8 Å². The molecule has 0 spiro atoms. The first-order valence-corrected chi connectivity index (χ1v) is 7.69. The van der Waals surface area contributed by atoms with Crippen molar-refractivity contribution in [3.8, 4) is 11.3 Å². The van der Waals surface area contributed by atoms with Crippen LogP contribution in [-0.4, -0.2) is 20.1 Å². The van der Waals surface area contributed by atoms with E-state index in [4.69, 9.17) is 0 Å². The number of pyridine rings is 1. The van der Waals surface area contributed by atoms with Gasteiger partial charge in [0.15, 0.2) is 6.23 Å². The van der Waals surface area contributed by atoms with Gasteiger partial charge in [-0.1, -0.05) is 6.07 Å². The molecule has 3 aromatic rings. The fraction of sp³-hybridized carbons (Fsp3) is 0.167. The molecule has 8 heteroatoms. The summed E-state index contributed by atoms with van der Waals surface area (Å²) in [4.78, 5) is 12.3. The number of rotatable bonds is 4. The van der Waals surface area contributed by atoms with Crippen molar-refractivity contribution < 1.29 is 18.3 Å². The summed E-state index contributed by atoms with van der Waals surface area (Å²) in [6.07, 6.45) is -0.980. The number of nitrogens with zero attached hydrogens (tertiary/aromatic N) is 3. The van der Waals surface area contributed by atoms with E-state index in [2.05, 4.69) is 20.3 Å². The van der Waals surface area contributed by atoms with Gasteiger partial charge in [0.05, 0.1) is 17.0 Å². The SMILES string of the molecule is Cc1ccc(-c2cncnc2)nc1C(O)Nc1ccc(C(F)(F)F)cc1. The summed E-state index contributed by atoms with van der Waals surface area (Å²) in [6.45, 7) is 1.78. The van der Waals surface area contributed by atoms with Crippen LogP contribution in [0.3, 0.4) is 0 Å². The van der Waals surface area contributed by atoms with Gasteiger partial charge < -0.3 is 10.4 Å². The fourth-order valence-corrected chi connectivity index (χ4v) is 2.40. The van der Waals surface area contributed by atoms with Crippen LogP contribution >= 0.6 is 0 Å². The van der Waals surface area contributed by atoms with E-state index in [-0.39, 0.29) is 0 Å². The van der Waals surface area contributed by atoms with E-state index >= 15 is 0 Å². The molecule has 0 bridgehead atoms. The quantitative estimate of drug-likeness (QED) is 0.689. The summed E-state index contributed by atoms with van der Waals surface area (Å²) in [7, 11) is 0. The van der Waals surface area contributed by atoms with Crippen LogP contribution in [0.25, 0.3) is 11.3 Å². The van der Waals surface area contributed by atoms with Gasteiger partial charge in [-0.3, -0.25) is 0 Å². The van der Waals surface area contributed by atoms with E-state index in [9.17, 15) is 18.3 Å². The van der Waals surface area contributed by atoms with E-state index in [0.29, 0.717) is 22.6 Å². The molecule has 26 heavy (non-hydrogen) atoms. The lowest BCUT2D eigenvalue weighted by Gasteiger charge is -2.17. The molecule has 1 unspecified atom stereocenters. The Balaban J connectivity index is 1.82. The first-order valence-electron chi connectivity index (χ1n) is 7.69. The molecule has 0 saturated heterocycles. The van der Waals surface area contributed by atoms with Crippen molar-refractivity contribution in [1.29, 1.82) is 0 Å². The molecule has 2 N–H and O–H groups in total. The zero-order valence-electron chi connectivity index (χ0n) is 13.7. The Morgan fingerprint density at radius 3 is 2.27 bits per heavy atom. The molecule has 5 nitrogen and oxygen atoms in total. The number of aliphatic hydroxyl groups is 1. The van der Waals surface area contributed by atoms with Crippen molar-refractivity contribution in [1.82, 2.24) is 15.0 Å². The molecule has 0 radical (unpaired) electrons. The van der Waals surface area contributed by atoms with Crippen molar-refractivity contribution in [2.24, 2.45) is 0 Å². The molecule has 0 saturated carbocycles. The summed E-state index contributed by atoms with van der Waals surface area (Å²) in [5.74, 6) is 0. The highest BCUT2D eigenvalue weighted by Crippen LogP contribution is 2.30. The predicted molar refractivity (Wildman–Crippen MR) is 90.0 cm³/mol. The maximum Gasteiger partial charge on any atom is 0.416 e. The molecular formula is C18H15F3N4O. The Kier molecular flexibility index (Phi) is 4.85. The van der Waals surface area contributed by atoms with E-state index in [1.807, 2.05) is 0 Å². The van der Waals surface area contributed by atoms with Crippen molar-refractivity contribution >= 4 is 5.69 Å². The van der Waals surface area contributed by atoms with Crippen LogP contribution in [0, 0.1) is 6.92 Å². The zero-order valence-corrected chi connectivity index (χ0v) is 13.7. The van der Waals surface area contributed by atoms with Crippen LogP contribution in [0.4, 0.5) is 18.9 Å². The molecule has 2 heterocycles. The summed E-state index contributed by atoms with van der Waals surface area (Å²) >= 11 is 0. The molecule has 0 aliphatic heterocycles. The summed E-state index contributed by atoms with van der Waals surface area (Å²) in [6, 6.07) is 8.00. The third kappa shape index (κ3) is 3.97. The topological polar surface area (TPSA) is 70.9 Å². The summed E-state index contributed by atoms with van der Waals surface area (Å²) in [5, 5.41) is 13.2. The summed E-state index contributed by atoms with van der Waals surface area (Å²) in [5.41, 5.74) is 1.97. The van der Waals surface area contributed by atoms with Gasteiger partial charge in [0.25, 0.3) is 0 Å². The smallest absolute Gasteiger partial charge is 0.368 e. The van der Waals surface area contributed by atoms with Gasteiger partial charge in [0.2, 0.25) is 0 Å². The van der Waals surface area contributed by atoms with Crippen molar-refractivity contribution in [2.75, 3.05) is 5.32 Å². The number of benzene rings is 1. The number of aromatic nitrogens is 3. The van der Waals surface area contributed by atoms with Crippen molar-refractivity contribution in [2.45, 2.75) is 19.3 Å². The molecule has 134 valence electrons. The van der Waals surface area contributed by atoms with Gasteiger partial charge in [-0.25, -0.2) is 15.0 Å². The third-order valence-corrected chi connectivity index (χ3v) is 3.77. The number of aryl methyl sites for hydroxylation is 1. The van der Waals surface area contributed by atoms with Gasteiger partial charge in [0, 0.05) is 23.6 Å². The van der Waals surface area contributed by atoms with Gasteiger partial charge in [-0.15, -0.1) is 0 Å². The Bertz CT molecular complexity index is 883. The normalized spacial score (nSPS) is 12.7. The minimum Gasteiger partial charge on any atom is -0.368 e. The lowest BCUT2D eigenvalue weighted by molar-refractivity contribution is -0.137. The molecule has 0 aliphatic rings. The fourth-order valence-electron chi connectivity index (χ4n) is 2.40. The second-order valence-electron chi connectivity index (χ2n) is 5.65. The van der Waals surface area contributed by atoms with Gasteiger partial charge >= 0.3 is 6.18 Å². The molecule has 3 rings (SSSR count). The third-order valence-electron chi connectivity index (χ3n) is 3.77. The second-order valence-corrected chi connectivity index (χ2v) is 5.65. The van der Waals surface area contributed by atoms with Crippen LogP contribution in [-0.2, 0) is 6.18 Å². The van der Waals surface area contributed by atoms with Crippen LogP contribution < -0.4 is 5.32 Å². The highest BCUT2D eigenvalue weighted by atomic mass is 19.4. The van der Waals surface area contributed by atoms with Gasteiger partial charge in [-0.2, -0.15) is 13.2 Å². The lowest BCUT2D eigenvalue weighted by atomic mass is 10.1. The monoisotopic (exact) mass is 360 g/mol. The van der Waals surface area contributed by atoms with E-state index in [1.165, 1.54) is 18.5 Å². The number of alkyl halides is 3. The van der Waals surface area contributed by atoms with Crippen molar-refractivity contribution in [3.05, 3.63) is 71.9 Å². The lowest BCUT2D eigenvalue weighted by Crippen LogP contribution is -2.14. The van der Waals surface area contributed by atoms with Gasteiger partial charge in [0.1, 0.15) is 6.33 Å². The number of anilines is 1. The maximum atomic E-state index is 12.6. The molecular weight excluding hydrogens is 345 g/mol. The Morgan fingerprint density at radius 1 is 1.00 bits per heavy atom. The standard InChI is InChI=1S/C18H15F3N4O/c1-11-2-7-15(12-8-22-10-23-9-12)25-16(11)17(26)24-14-5-3-13(4-6-14)18(19,20)21/h2-10,17,24,26H,1H3. The average Bonchev–Trinajstić information content (AvgIpc) is 2.62. The van der Waals surface area contributed by atoms with Crippen LogP contribution in [0.5, 0.6) is 0 Å². The molecule has 1 atom stereocenters. The van der Waals surface area contributed by atoms with Crippen LogP contribution in [0.15, 0.2) is 55.1 Å². The Morgan fingerprint density at radius 2 is 1.65 bits per heavy atom. The van der Waals surface area contributed by atoms with E-state index in [1.54, 1.807) is 31.5 Å². The number of nitrogens with one attached hydrogen (secondary N) is 1. The average molecular weight is 360 g/mol. The largest absolute Gasteiger partial charge is 0.416 e.